The minimum atomic E-state index is -0.279. The summed E-state index contributed by atoms with van der Waals surface area (Å²) in [5, 5.41) is 0. The van der Waals surface area contributed by atoms with E-state index >= 15 is 0 Å². The Bertz CT molecular complexity index is 298. The number of carbonyl (C=O) groups is 1. The standard InChI is InChI=1S/C11H15NO2.ClH/c1-2-3-8-14-11(13)9-4-6-10(12)7-5-9;/h4-7H,2-3,8,12H2,1H3;1H. The summed E-state index contributed by atoms with van der Waals surface area (Å²) in [5.74, 6) is -0.279. The van der Waals surface area contributed by atoms with Crippen molar-refractivity contribution < 1.29 is 9.53 Å². The number of benzene rings is 1. The summed E-state index contributed by atoms with van der Waals surface area (Å²) >= 11 is 0. The second-order valence-electron chi connectivity index (χ2n) is 3.11. The summed E-state index contributed by atoms with van der Waals surface area (Å²) < 4.78 is 5.03. The van der Waals surface area contributed by atoms with Crippen LogP contribution in [-0.2, 0) is 4.74 Å². The van der Waals surface area contributed by atoms with Gasteiger partial charge < -0.3 is 10.5 Å². The molecule has 0 saturated carbocycles. The van der Waals surface area contributed by atoms with Crippen LogP contribution < -0.4 is 5.73 Å². The average Bonchev–Trinajstić information content (AvgIpc) is 2.19. The lowest BCUT2D eigenvalue weighted by Crippen LogP contribution is -2.06. The summed E-state index contributed by atoms with van der Waals surface area (Å²) in [4.78, 5) is 11.4. The number of carbonyl (C=O) groups excluding carboxylic acids is 1. The summed E-state index contributed by atoms with van der Waals surface area (Å²) in [7, 11) is 0. The summed E-state index contributed by atoms with van der Waals surface area (Å²) in [6.45, 7) is 2.54. The number of nitrogen functional groups attached to an aromatic ring is 1. The molecule has 0 heterocycles. The van der Waals surface area contributed by atoms with E-state index in [-0.39, 0.29) is 18.4 Å². The zero-order chi connectivity index (χ0) is 10.4. The molecule has 1 aromatic carbocycles. The van der Waals surface area contributed by atoms with E-state index in [0.29, 0.717) is 17.9 Å². The van der Waals surface area contributed by atoms with Gasteiger partial charge in [-0.2, -0.15) is 0 Å². The molecule has 0 aromatic heterocycles. The highest BCUT2D eigenvalue weighted by Crippen LogP contribution is 2.07. The van der Waals surface area contributed by atoms with Crippen LogP contribution in [-0.4, -0.2) is 12.6 Å². The molecule has 0 aliphatic rings. The normalized spacial score (nSPS) is 9.13. The SMILES string of the molecule is CCCCOC(=O)c1ccc(N)cc1.Cl. The molecular formula is C11H16ClNO2. The first-order valence-electron chi connectivity index (χ1n) is 4.76. The molecule has 2 N–H and O–H groups in total. The molecule has 0 aliphatic heterocycles. The number of hydrogen-bond acceptors (Lipinski definition) is 3. The van der Waals surface area contributed by atoms with Crippen LogP contribution in [0.25, 0.3) is 0 Å². The maximum atomic E-state index is 11.4. The van der Waals surface area contributed by atoms with Crippen molar-refractivity contribution in [3.05, 3.63) is 29.8 Å². The third kappa shape index (κ3) is 4.70. The summed E-state index contributed by atoms with van der Waals surface area (Å²) in [5.41, 5.74) is 6.70. The molecule has 0 fully saturated rings. The van der Waals surface area contributed by atoms with Gasteiger partial charge in [-0.15, -0.1) is 12.4 Å². The Hall–Kier alpha value is -1.22. The fourth-order valence-corrected chi connectivity index (χ4v) is 1.01. The van der Waals surface area contributed by atoms with Crippen molar-refractivity contribution in [2.75, 3.05) is 12.3 Å². The van der Waals surface area contributed by atoms with Crippen molar-refractivity contribution in [1.82, 2.24) is 0 Å². The van der Waals surface area contributed by atoms with Crippen molar-refractivity contribution in [3.63, 3.8) is 0 Å². The number of ether oxygens (including phenoxy) is 1. The molecule has 0 atom stereocenters. The van der Waals surface area contributed by atoms with E-state index in [1.54, 1.807) is 24.3 Å². The number of hydrogen-bond donors (Lipinski definition) is 1. The number of nitrogens with two attached hydrogens (primary N) is 1. The van der Waals surface area contributed by atoms with E-state index in [1.807, 2.05) is 0 Å². The first-order valence-corrected chi connectivity index (χ1v) is 4.76. The molecule has 84 valence electrons. The van der Waals surface area contributed by atoms with Gasteiger partial charge in [0.2, 0.25) is 0 Å². The molecule has 4 heteroatoms. The zero-order valence-corrected chi connectivity index (χ0v) is 9.55. The van der Waals surface area contributed by atoms with Crippen LogP contribution >= 0.6 is 12.4 Å². The van der Waals surface area contributed by atoms with Crippen LogP contribution in [0.3, 0.4) is 0 Å². The van der Waals surface area contributed by atoms with Crippen molar-refractivity contribution in [1.29, 1.82) is 0 Å². The molecular weight excluding hydrogens is 214 g/mol. The Morgan fingerprint density at radius 3 is 2.47 bits per heavy atom. The highest BCUT2D eigenvalue weighted by Gasteiger charge is 2.05. The first kappa shape index (κ1) is 13.8. The van der Waals surface area contributed by atoms with Crippen LogP contribution in [0.1, 0.15) is 30.1 Å². The Balaban J connectivity index is 0.00000196. The Kier molecular flexibility index (Phi) is 6.54. The quantitative estimate of drug-likeness (QED) is 0.491. The van der Waals surface area contributed by atoms with Gasteiger partial charge in [0, 0.05) is 5.69 Å². The number of esters is 1. The van der Waals surface area contributed by atoms with E-state index in [0.717, 1.165) is 12.8 Å². The molecule has 0 amide bonds. The monoisotopic (exact) mass is 229 g/mol. The predicted octanol–water partition coefficient (Wildman–Crippen LogP) is 2.65. The molecule has 0 unspecified atom stereocenters. The van der Waals surface area contributed by atoms with E-state index in [1.165, 1.54) is 0 Å². The van der Waals surface area contributed by atoms with E-state index < -0.39 is 0 Å². The highest BCUT2D eigenvalue weighted by atomic mass is 35.5. The van der Waals surface area contributed by atoms with Gasteiger partial charge in [-0.1, -0.05) is 13.3 Å². The third-order valence-electron chi connectivity index (χ3n) is 1.88. The molecule has 15 heavy (non-hydrogen) atoms. The number of anilines is 1. The maximum Gasteiger partial charge on any atom is 0.338 e. The lowest BCUT2D eigenvalue weighted by molar-refractivity contribution is 0.0500. The molecule has 0 spiro atoms. The molecule has 1 rings (SSSR count). The second-order valence-corrected chi connectivity index (χ2v) is 3.11. The lowest BCUT2D eigenvalue weighted by Gasteiger charge is -2.03. The number of unbranched alkanes of at least 4 members (excludes halogenated alkanes) is 1. The first-order chi connectivity index (χ1) is 6.74. The smallest absolute Gasteiger partial charge is 0.338 e. The van der Waals surface area contributed by atoms with Gasteiger partial charge in [0.05, 0.1) is 12.2 Å². The molecule has 0 saturated heterocycles. The van der Waals surface area contributed by atoms with Crippen LogP contribution in [0.5, 0.6) is 0 Å². The Morgan fingerprint density at radius 1 is 1.33 bits per heavy atom. The largest absolute Gasteiger partial charge is 0.462 e. The van der Waals surface area contributed by atoms with Gasteiger partial charge >= 0.3 is 5.97 Å². The molecule has 0 aliphatic carbocycles. The number of rotatable bonds is 4. The predicted molar refractivity (Wildman–Crippen MR) is 63.3 cm³/mol. The van der Waals surface area contributed by atoms with Crippen molar-refractivity contribution in [2.45, 2.75) is 19.8 Å². The van der Waals surface area contributed by atoms with Crippen LogP contribution in [0.15, 0.2) is 24.3 Å². The van der Waals surface area contributed by atoms with E-state index in [4.69, 9.17) is 10.5 Å². The molecule has 3 nitrogen and oxygen atoms in total. The van der Waals surface area contributed by atoms with Crippen molar-refractivity contribution in [3.8, 4) is 0 Å². The summed E-state index contributed by atoms with van der Waals surface area (Å²) in [6, 6.07) is 6.72. The Labute approximate surface area is 96.0 Å². The van der Waals surface area contributed by atoms with E-state index in [2.05, 4.69) is 6.92 Å². The Morgan fingerprint density at radius 2 is 1.93 bits per heavy atom. The van der Waals surface area contributed by atoms with Crippen LogP contribution in [0, 0.1) is 0 Å². The van der Waals surface area contributed by atoms with Crippen LogP contribution in [0.4, 0.5) is 5.69 Å². The summed E-state index contributed by atoms with van der Waals surface area (Å²) in [6.07, 6.45) is 1.93. The second kappa shape index (κ2) is 7.12. The van der Waals surface area contributed by atoms with Crippen LogP contribution in [0.2, 0.25) is 0 Å². The highest BCUT2D eigenvalue weighted by molar-refractivity contribution is 5.89. The van der Waals surface area contributed by atoms with Gasteiger partial charge in [-0.05, 0) is 30.7 Å². The van der Waals surface area contributed by atoms with Gasteiger partial charge in [0.15, 0.2) is 0 Å². The van der Waals surface area contributed by atoms with Gasteiger partial charge in [-0.25, -0.2) is 4.79 Å². The minimum absolute atomic E-state index is 0. The third-order valence-corrected chi connectivity index (χ3v) is 1.88. The van der Waals surface area contributed by atoms with Gasteiger partial charge in [0.25, 0.3) is 0 Å². The number of halogens is 1. The molecule has 0 bridgehead atoms. The fourth-order valence-electron chi connectivity index (χ4n) is 1.01. The van der Waals surface area contributed by atoms with E-state index in [9.17, 15) is 4.79 Å². The van der Waals surface area contributed by atoms with Crippen molar-refractivity contribution in [2.24, 2.45) is 0 Å². The topological polar surface area (TPSA) is 52.3 Å². The van der Waals surface area contributed by atoms with Crippen molar-refractivity contribution >= 4 is 24.1 Å². The van der Waals surface area contributed by atoms with Gasteiger partial charge in [0.1, 0.15) is 0 Å². The average molecular weight is 230 g/mol. The molecule has 1 aromatic rings. The molecule has 0 radical (unpaired) electrons. The van der Waals surface area contributed by atoms with Gasteiger partial charge in [-0.3, -0.25) is 0 Å². The zero-order valence-electron chi connectivity index (χ0n) is 8.73. The fraction of sp³-hybridized carbons (Fsp3) is 0.364. The lowest BCUT2D eigenvalue weighted by atomic mass is 10.2. The maximum absolute atomic E-state index is 11.4. The minimum Gasteiger partial charge on any atom is -0.462 e.